The van der Waals surface area contributed by atoms with E-state index in [1.807, 2.05) is 0 Å². The van der Waals surface area contributed by atoms with Gasteiger partial charge in [0.05, 0.1) is 29.3 Å². The van der Waals surface area contributed by atoms with E-state index >= 15 is 0 Å². The Balaban J connectivity index is 2.01. The number of sulfonamides is 1. The third-order valence-electron chi connectivity index (χ3n) is 4.73. The number of para-hydroxylation sites is 2. The summed E-state index contributed by atoms with van der Waals surface area (Å²) in [5, 5.41) is 15.0. The molecular weight excluding hydrogens is 474 g/mol. The van der Waals surface area contributed by atoms with Gasteiger partial charge in [-0.15, -0.1) is 0 Å². The van der Waals surface area contributed by atoms with Gasteiger partial charge < -0.3 is 20.5 Å². The van der Waals surface area contributed by atoms with Crippen molar-refractivity contribution in [1.29, 1.82) is 0 Å². The van der Waals surface area contributed by atoms with Crippen molar-refractivity contribution in [3.8, 4) is 0 Å². The number of anilines is 5. The van der Waals surface area contributed by atoms with Gasteiger partial charge in [0.15, 0.2) is 5.82 Å². The lowest BCUT2D eigenvalue weighted by Gasteiger charge is -2.21. The van der Waals surface area contributed by atoms with E-state index < -0.39 is 22.0 Å². The van der Waals surface area contributed by atoms with Crippen LogP contribution in [0.4, 0.5) is 28.8 Å². The molecule has 0 unspecified atom stereocenters. The van der Waals surface area contributed by atoms with Crippen LogP contribution in [-0.2, 0) is 14.8 Å². The summed E-state index contributed by atoms with van der Waals surface area (Å²) in [5.41, 5.74) is 1.42. The van der Waals surface area contributed by atoms with Crippen LogP contribution in [0.1, 0.15) is 34.6 Å². The Labute approximate surface area is 202 Å². The Bertz CT molecular complexity index is 1340. The van der Waals surface area contributed by atoms with Gasteiger partial charge >= 0.3 is 11.9 Å². The van der Waals surface area contributed by atoms with Gasteiger partial charge in [-0.3, -0.25) is 4.31 Å². The molecule has 0 saturated carbocycles. The Morgan fingerprint density at radius 1 is 1.06 bits per heavy atom. The van der Waals surface area contributed by atoms with Crippen molar-refractivity contribution in [1.82, 2.24) is 9.97 Å². The van der Waals surface area contributed by atoms with Gasteiger partial charge in [0.1, 0.15) is 5.56 Å². The van der Waals surface area contributed by atoms with Crippen LogP contribution in [0.5, 0.6) is 0 Å². The molecule has 0 aliphatic rings. The molecule has 3 rings (SSSR count). The number of carbonyl (C=O) groups excluding carboxylic acids is 1. The predicted octanol–water partition coefficient (Wildman–Crippen LogP) is 3.62. The van der Waals surface area contributed by atoms with Gasteiger partial charge in [-0.1, -0.05) is 12.1 Å². The number of ether oxygens (including phenoxy) is 1. The second-order valence-electron chi connectivity index (χ2n) is 7.79. The second-order valence-corrected chi connectivity index (χ2v) is 9.80. The van der Waals surface area contributed by atoms with E-state index in [0.29, 0.717) is 17.1 Å². The van der Waals surface area contributed by atoms with Crippen LogP contribution in [0, 0.1) is 0 Å². The molecule has 0 aliphatic heterocycles. The molecule has 0 spiro atoms. The Morgan fingerprint density at radius 2 is 1.71 bits per heavy atom. The van der Waals surface area contributed by atoms with Gasteiger partial charge in [0, 0.05) is 18.9 Å². The summed E-state index contributed by atoms with van der Waals surface area (Å²) < 4.78 is 30.6. The summed E-state index contributed by atoms with van der Waals surface area (Å²) in [6.07, 6.45) is 1.98. The molecule has 12 heteroatoms. The SMILES string of the molecule is CC(C)OC(=O)c1cnc(Nc2ccc(C(=O)O)cc2)nc1Nc1ccccc1N(C)S(C)(=O)=O. The van der Waals surface area contributed by atoms with Crippen LogP contribution in [0.3, 0.4) is 0 Å². The predicted molar refractivity (Wildman–Crippen MR) is 132 cm³/mol. The quantitative estimate of drug-likeness (QED) is 0.372. The third kappa shape index (κ3) is 6.44. The lowest BCUT2D eigenvalue weighted by atomic mass is 10.2. The van der Waals surface area contributed by atoms with Crippen molar-refractivity contribution in [3.05, 3.63) is 65.9 Å². The summed E-state index contributed by atoms with van der Waals surface area (Å²) in [4.78, 5) is 32.3. The zero-order valence-corrected chi connectivity index (χ0v) is 20.3. The van der Waals surface area contributed by atoms with Crippen molar-refractivity contribution in [2.24, 2.45) is 0 Å². The van der Waals surface area contributed by atoms with Gasteiger partial charge in [0.25, 0.3) is 0 Å². The molecule has 0 amide bonds. The fourth-order valence-electron chi connectivity index (χ4n) is 2.95. The van der Waals surface area contributed by atoms with Crippen molar-refractivity contribution >= 4 is 50.8 Å². The van der Waals surface area contributed by atoms with Gasteiger partial charge in [-0.25, -0.2) is 23.0 Å². The second kappa shape index (κ2) is 10.4. The van der Waals surface area contributed by atoms with Crippen LogP contribution < -0.4 is 14.9 Å². The molecule has 0 atom stereocenters. The first-order valence-electron chi connectivity index (χ1n) is 10.4. The minimum Gasteiger partial charge on any atom is -0.478 e. The fourth-order valence-corrected chi connectivity index (χ4v) is 3.47. The highest BCUT2D eigenvalue weighted by molar-refractivity contribution is 7.92. The lowest BCUT2D eigenvalue weighted by Crippen LogP contribution is -2.25. The van der Waals surface area contributed by atoms with E-state index in [4.69, 9.17) is 9.84 Å². The zero-order valence-electron chi connectivity index (χ0n) is 19.5. The molecule has 0 fully saturated rings. The maximum atomic E-state index is 12.7. The normalized spacial score (nSPS) is 11.1. The Morgan fingerprint density at radius 3 is 2.31 bits per heavy atom. The van der Waals surface area contributed by atoms with Crippen molar-refractivity contribution in [3.63, 3.8) is 0 Å². The third-order valence-corrected chi connectivity index (χ3v) is 5.92. The topological polar surface area (TPSA) is 151 Å². The molecule has 3 N–H and O–H groups in total. The molecule has 184 valence electrons. The number of rotatable bonds is 9. The first-order valence-corrected chi connectivity index (χ1v) is 12.3. The molecule has 11 nitrogen and oxygen atoms in total. The van der Waals surface area contributed by atoms with Crippen molar-refractivity contribution < 1.29 is 27.9 Å². The number of hydrogen-bond donors (Lipinski definition) is 3. The van der Waals surface area contributed by atoms with Crippen LogP contribution in [0.25, 0.3) is 0 Å². The highest BCUT2D eigenvalue weighted by atomic mass is 32.2. The number of hydrogen-bond acceptors (Lipinski definition) is 9. The monoisotopic (exact) mass is 499 g/mol. The van der Waals surface area contributed by atoms with Gasteiger partial charge in [-0.05, 0) is 50.2 Å². The smallest absolute Gasteiger partial charge is 0.343 e. The Hall–Kier alpha value is -4.19. The number of aromatic nitrogens is 2. The van der Waals surface area contributed by atoms with E-state index in [2.05, 4.69) is 20.6 Å². The van der Waals surface area contributed by atoms with Crippen LogP contribution in [-0.4, -0.2) is 54.8 Å². The van der Waals surface area contributed by atoms with Crippen LogP contribution >= 0.6 is 0 Å². The molecule has 0 radical (unpaired) electrons. The highest BCUT2D eigenvalue weighted by Gasteiger charge is 2.21. The molecular formula is C23H25N5O6S. The largest absolute Gasteiger partial charge is 0.478 e. The lowest BCUT2D eigenvalue weighted by molar-refractivity contribution is 0.0378. The van der Waals surface area contributed by atoms with E-state index in [9.17, 15) is 18.0 Å². The van der Waals surface area contributed by atoms with E-state index in [1.165, 1.54) is 25.4 Å². The van der Waals surface area contributed by atoms with E-state index in [1.54, 1.807) is 50.2 Å². The van der Waals surface area contributed by atoms with Gasteiger partial charge in [-0.2, -0.15) is 4.98 Å². The molecule has 0 saturated heterocycles. The maximum Gasteiger partial charge on any atom is 0.343 e. The molecule has 0 bridgehead atoms. The van der Waals surface area contributed by atoms with Gasteiger partial charge in [0.2, 0.25) is 16.0 Å². The molecule has 3 aromatic rings. The van der Waals surface area contributed by atoms with Crippen LogP contribution in [0.15, 0.2) is 54.7 Å². The standard InChI is InChI=1S/C23H25N5O6S/c1-14(2)34-22(31)17-13-24-23(25-16-11-9-15(10-12-16)21(29)30)27-20(17)26-18-7-5-6-8-19(18)28(3)35(4,32)33/h5-14H,1-4H3,(H,29,30)(H2,24,25,26,27). The minimum atomic E-state index is -3.56. The average molecular weight is 500 g/mol. The number of carboxylic acid groups (broad SMARTS) is 1. The summed E-state index contributed by atoms with van der Waals surface area (Å²) in [6.45, 7) is 3.41. The minimum absolute atomic E-state index is 0.0438. The average Bonchev–Trinajstić information content (AvgIpc) is 2.78. The Kier molecular flexibility index (Phi) is 7.55. The van der Waals surface area contributed by atoms with Crippen LogP contribution in [0.2, 0.25) is 0 Å². The number of nitrogens with zero attached hydrogens (tertiary/aromatic N) is 3. The summed E-state index contributed by atoms with van der Waals surface area (Å²) in [6, 6.07) is 12.6. The number of benzene rings is 2. The van der Waals surface area contributed by atoms with E-state index in [0.717, 1.165) is 10.6 Å². The molecule has 1 heterocycles. The van der Waals surface area contributed by atoms with E-state index in [-0.39, 0.29) is 29.0 Å². The number of nitrogens with one attached hydrogen (secondary N) is 2. The van der Waals surface area contributed by atoms with Crippen molar-refractivity contribution in [2.75, 3.05) is 28.2 Å². The summed E-state index contributed by atoms with van der Waals surface area (Å²) >= 11 is 0. The summed E-state index contributed by atoms with van der Waals surface area (Å²) in [5.74, 6) is -1.51. The molecule has 35 heavy (non-hydrogen) atoms. The number of carbonyl (C=O) groups is 2. The number of esters is 1. The number of carboxylic acids is 1. The fraction of sp³-hybridized carbons (Fsp3) is 0.217. The van der Waals surface area contributed by atoms with Crippen molar-refractivity contribution in [2.45, 2.75) is 20.0 Å². The highest BCUT2D eigenvalue weighted by Crippen LogP contribution is 2.30. The maximum absolute atomic E-state index is 12.7. The molecule has 2 aromatic carbocycles. The molecule has 1 aromatic heterocycles. The zero-order chi connectivity index (χ0) is 25.8. The summed E-state index contributed by atoms with van der Waals surface area (Å²) in [7, 11) is -2.14. The number of aromatic carboxylic acids is 1. The first-order chi connectivity index (χ1) is 16.5. The first kappa shape index (κ1) is 25.4. The molecule has 0 aliphatic carbocycles.